The Kier molecular flexibility index (Phi) is 2.48. The van der Waals surface area contributed by atoms with Crippen LogP contribution in [0.3, 0.4) is 0 Å². The first-order chi connectivity index (χ1) is 11.3. The van der Waals surface area contributed by atoms with Crippen molar-refractivity contribution in [3.63, 3.8) is 0 Å². The predicted octanol–water partition coefficient (Wildman–Crippen LogP) is 5.13. The van der Waals surface area contributed by atoms with Gasteiger partial charge in [0.15, 0.2) is 5.78 Å². The summed E-state index contributed by atoms with van der Waals surface area (Å²) in [7, 11) is 0. The van der Waals surface area contributed by atoms with Crippen LogP contribution in [0.15, 0.2) is 72.8 Å². The van der Waals surface area contributed by atoms with E-state index in [4.69, 9.17) is 0 Å². The average Bonchev–Trinajstić information content (AvgIpc) is 2.61. The van der Waals surface area contributed by atoms with Crippen LogP contribution in [0, 0.1) is 0 Å². The second kappa shape index (κ2) is 4.53. The summed E-state index contributed by atoms with van der Waals surface area (Å²) in [5, 5.41) is 4.78. The fourth-order valence-corrected chi connectivity index (χ4v) is 3.80. The molecule has 0 atom stereocenters. The quantitative estimate of drug-likeness (QED) is 0.387. The molecule has 0 aromatic heterocycles. The van der Waals surface area contributed by atoms with Crippen LogP contribution >= 0.6 is 0 Å². The third kappa shape index (κ3) is 1.71. The lowest BCUT2D eigenvalue weighted by Gasteiger charge is -2.22. The highest BCUT2D eigenvalue weighted by Crippen LogP contribution is 2.35. The first-order valence-electron chi connectivity index (χ1n) is 7.89. The standard InChI is InChI=1S/C22H14O/c23-22-18-11-9-14-5-1-3-7-16(14)20(18)13-21-17-8-4-2-6-15(17)10-12-19(21)22/h1-12H,13H2. The first-order valence-corrected chi connectivity index (χ1v) is 7.89. The van der Waals surface area contributed by atoms with Gasteiger partial charge in [-0.3, -0.25) is 4.79 Å². The lowest BCUT2D eigenvalue weighted by atomic mass is 9.80. The molecule has 0 radical (unpaired) electrons. The number of ketones is 1. The van der Waals surface area contributed by atoms with E-state index >= 15 is 0 Å². The van der Waals surface area contributed by atoms with Crippen molar-refractivity contribution >= 4 is 27.3 Å². The molecule has 1 nitrogen and oxygen atoms in total. The second-order valence-electron chi connectivity index (χ2n) is 6.13. The average molecular weight is 294 g/mol. The fraction of sp³-hybridized carbons (Fsp3) is 0.0455. The second-order valence-corrected chi connectivity index (χ2v) is 6.13. The third-order valence-corrected chi connectivity index (χ3v) is 4.92. The summed E-state index contributed by atoms with van der Waals surface area (Å²) >= 11 is 0. The molecule has 4 aromatic carbocycles. The summed E-state index contributed by atoms with van der Waals surface area (Å²) < 4.78 is 0. The predicted molar refractivity (Wildman–Crippen MR) is 94.1 cm³/mol. The summed E-state index contributed by atoms with van der Waals surface area (Å²) in [5.74, 6) is 0.151. The molecule has 0 bridgehead atoms. The molecule has 108 valence electrons. The molecule has 0 heterocycles. The van der Waals surface area contributed by atoms with Crippen LogP contribution in [0.4, 0.5) is 0 Å². The van der Waals surface area contributed by atoms with Gasteiger partial charge >= 0.3 is 0 Å². The van der Waals surface area contributed by atoms with Crippen LogP contribution in [-0.2, 0) is 6.42 Å². The van der Waals surface area contributed by atoms with E-state index in [1.54, 1.807) is 0 Å². The van der Waals surface area contributed by atoms with Crippen LogP contribution in [0.25, 0.3) is 21.5 Å². The van der Waals surface area contributed by atoms with E-state index in [-0.39, 0.29) is 5.78 Å². The SMILES string of the molecule is O=C1c2ccc3ccccc3c2Cc2c1ccc1ccccc21. The topological polar surface area (TPSA) is 17.1 Å². The van der Waals surface area contributed by atoms with Crippen LogP contribution in [0.5, 0.6) is 0 Å². The normalized spacial score (nSPS) is 13.1. The van der Waals surface area contributed by atoms with E-state index in [1.807, 2.05) is 36.4 Å². The molecular weight excluding hydrogens is 280 g/mol. The summed E-state index contributed by atoms with van der Waals surface area (Å²) in [4.78, 5) is 13.0. The number of fused-ring (bicyclic) bond motifs is 6. The van der Waals surface area contributed by atoms with Gasteiger partial charge < -0.3 is 0 Å². The fourth-order valence-electron chi connectivity index (χ4n) is 3.80. The number of carbonyl (C=O) groups excluding carboxylic acids is 1. The number of rotatable bonds is 0. The van der Waals surface area contributed by atoms with E-state index in [9.17, 15) is 4.79 Å². The number of hydrogen-bond donors (Lipinski definition) is 0. The van der Waals surface area contributed by atoms with Crippen molar-refractivity contribution in [3.05, 3.63) is 95.1 Å². The van der Waals surface area contributed by atoms with E-state index in [2.05, 4.69) is 36.4 Å². The maximum atomic E-state index is 13.0. The minimum atomic E-state index is 0.151. The minimum Gasteiger partial charge on any atom is -0.289 e. The van der Waals surface area contributed by atoms with E-state index in [1.165, 1.54) is 21.5 Å². The molecule has 0 saturated heterocycles. The molecule has 5 rings (SSSR count). The lowest BCUT2D eigenvalue weighted by Crippen LogP contribution is -2.15. The van der Waals surface area contributed by atoms with Gasteiger partial charge in [0.1, 0.15) is 0 Å². The van der Waals surface area contributed by atoms with Gasteiger partial charge in [0.25, 0.3) is 0 Å². The maximum Gasteiger partial charge on any atom is 0.193 e. The Balaban J connectivity index is 1.87. The zero-order chi connectivity index (χ0) is 15.4. The molecule has 0 spiro atoms. The molecule has 0 unspecified atom stereocenters. The van der Waals surface area contributed by atoms with E-state index in [0.717, 1.165) is 28.7 Å². The van der Waals surface area contributed by atoms with Crippen molar-refractivity contribution < 1.29 is 4.79 Å². The minimum absolute atomic E-state index is 0.151. The molecular formula is C22H14O. The molecule has 0 amide bonds. The van der Waals surface area contributed by atoms with Gasteiger partial charge in [-0.25, -0.2) is 0 Å². The largest absolute Gasteiger partial charge is 0.289 e. The summed E-state index contributed by atoms with van der Waals surface area (Å²) in [6, 6.07) is 24.7. The van der Waals surface area contributed by atoms with Crippen molar-refractivity contribution in [2.75, 3.05) is 0 Å². The molecule has 1 aliphatic carbocycles. The van der Waals surface area contributed by atoms with Gasteiger partial charge in [0.05, 0.1) is 0 Å². The molecule has 1 heteroatoms. The Morgan fingerprint density at radius 1 is 0.565 bits per heavy atom. The monoisotopic (exact) mass is 294 g/mol. The van der Waals surface area contributed by atoms with Crippen LogP contribution in [0.2, 0.25) is 0 Å². The smallest absolute Gasteiger partial charge is 0.193 e. The van der Waals surface area contributed by atoms with Gasteiger partial charge in [0.2, 0.25) is 0 Å². The van der Waals surface area contributed by atoms with Crippen molar-refractivity contribution in [2.24, 2.45) is 0 Å². The molecule has 0 fully saturated rings. The summed E-state index contributed by atoms with van der Waals surface area (Å²) in [6.07, 6.45) is 0.819. The third-order valence-electron chi connectivity index (χ3n) is 4.92. The highest BCUT2D eigenvalue weighted by atomic mass is 16.1. The molecule has 1 aliphatic rings. The Morgan fingerprint density at radius 2 is 1.04 bits per heavy atom. The number of benzene rings is 4. The van der Waals surface area contributed by atoms with Crippen molar-refractivity contribution in [2.45, 2.75) is 6.42 Å². The number of carbonyl (C=O) groups is 1. The Bertz CT molecular complexity index is 1020. The van der Waals surface area contributed by atoms with Gasteiger partial charge in [-0.1, -0.05) is 72.8 Å². The summed E-state index contributed by atoms with van der Waals surface area (Å²) in [6.45, 7) is 0. The van der Waals surface area contributed by atoms with Crippen molar-refractivity contribution in [1.29, 1.82) is 0 Å². The summed E-state index contributed by atoms with van der Waals surface area (Å²) in [5.41, 5.74) is 4.03. The van der Waals surface area contributed by atoms with Crippen molar-refractivity contribution in [3.8, 4) is 0 Å². The highest BCUT2D eigenvalue weighted by Gasteiger charge is 2.25. The molecule has 4 aromatic rings. The Labute approximate surface area is 134 Å². The molecule has 23 heavy (non-hydrogen) atoms. The lowest BCUT2D eigenvalue weighted by molar-refractivity contribution is 0.103. The van der Waals surface area contributed by atoms with Gasteiger partial charge in [-0.15, -0.1) is 0 Å². The van der Waals surface area contributed by atoms with Gasteiger partial charge in [-0.2, -0.15) is 0 Å². The first kappa shape index (κ1) is 12.6. The van der Waals surface area contributed by atoms with Crippen LogP contribution in [0.1, 0.15) is 27.0 Å². The molecule has 0 saturated carbocycles. The van der Waals surface area contributed by atoms with Crippen LogP contribution < -0.4 is 0 Å². The molecule has 0 aliphatic heterocycles. The zero-order valence-corrected chi connectivity index (χ0v) is 12.5. The highest BCUT2D eigenvalue weighted by molar-refractivity contribution is 6.17. The van der Waals surface area contributed by atoms with Crippen molar-refractivity contribution in [1.82, 2.24) is 0 Å². The van der Waals surface area contributed by atoms with E-state index in [0.29, 0.717) is 0 Å². The number of hydrogen-bond acceptors (Lipinski definition) is 1. The maximum absolute atomic E-state index is 13.0. The zero-order valence-electron chi connectivity index (χ0n) is 12.5. The van der Waals surface area contributed by atoms with Gasteiger partial charge in [-0.05, 0) is 32.7 Å². The Hall–Kier alpha value is -2.93. The van der Waals surface area contributed by atoms with E-state index < -0.39 is 0 Å². The van der Waals surface area contributed by atoms with Crippen LogP contribution in [-0.4, -0.2) is 5.78 Å². The Morgan fingerprint density at radius 3 is 1.57 bits per heavy atom. The van der Waals surface area contributed by atoms with Gasteiger partial charge in [0, 0.05) is 17.5 Å². The molecule has 0 N–H and O–H groups in total.